The molecule has 0 saturated heterocycles. The number of rotatable bonds is 5. The Bertz CT molecular complexity index is 1430. The van der Waals surface area contributed by atoms with Gasteiger partial charge in [0.1, 0.15) is 16.4 Å². The summed E-state index contributed by atoms with van der Waals surface area (Å²) < 4.78 is 19.8. The van der Waals surface area contributed by atoms with Crippen molar-refractivity contribution in [2.24, 2.45) is 5.92 Å². The molecule has 0 N–H and O–H groups in total. The minimum Gasteiger partial charge on any atom is -0.450 e. The fourth-order valence-electron chi connectivity index (χ4n) is 4.02. The summed E-state index contributed by atoms with van der Waals surface area (Å²) in [6.45, 7) is 4.17. The van der Waals surface area contributed by atoms with Gasteiger partial charge >= 0.3 is 0 Å². The van der Waals surface area contributed by atoms with E-state index in [1.54, 1.807) is 11.8 Å². The van der Waals surface area contributed by atoms with Crippen LogP contribution in [0.5, 0.6) is 0 Å². The van der Waals surface area contributed by atoms with Gasteiger partial charge in [0.25, 0.3) is 5.91 Å². The lowest BCUT2D eigenvalue weighted by Crippen LogP contribution is -2.29. The Morgan fingerprint density at radius 1 is 1.15 bits per heavy atom. The molecule has 0 aliphatic carbocycles. The number of hydrogen-bond acceptors (Lipinski definition) is 7. The molecule has 0 fully saturated rings. The van der Waals surface area contributed by atoms with E-state index in [-0.39, 0.29) is 22.3 Å². The van der Waals surface area contributed by atoms with E-state index in [2.05, 4.69) is 24.0 Å². The van der Waals surface area contributed by atoms with E-state index < -0.39 is 23.2 Å². The number of fused-ring (bicyclic) bond motifs is 2. The first-order chi connectivity index (χ1) is 15.9. The van der Waals surface area contributed by atoms with Gasteiger partial charge in [-0.05, 0) is 48.1 Å². The van der Waals surface area contributed by atoms with Crippen LogP contribution in [0.25, 0.3) is 11.0 Å². The monoisotopic (exact) mass is 481 g/mol. The fraction of sp³-hybridized carbons (Fsp3) is 0.250. The molecule has 0 radical (unpaired) electrons. The molecule has 1 atom stereocenters. The zero-order valence-corrected chi connectivity index (χ0v) is 19.8. The van der Waals surface area contributed by atoms with Crippen molar-refractivity contribution >= 4 is 45.1 Å². The number of aromatic nitrogens is 2. The normalized spacial score (nSPS) is 15.6. The smallest absolute Gasteiger partial charge is 0.297 e. The van der Waals surface area contributed by atoms with Gasteiger partial charge in [0, 0.05) is 11.3 Å². The SMILES string of the molecule is CSc1ccc([C@@H]2c3c(oc4ccc(F)cc4c3=O)C(=O)N2c2nnc(CC(C)C)s2)cc1. The highest BCUT2D eigenvalue weighted by molar-refractivity contribution is 7.98. The molecule has 3 heterocycles. The van der Waals surface area contributed by atoms with Gasteiger partial charge in [0.05, 0.1) is 17.0 Å². The summed E-state index contributed by atoms with van der Waals surface area (Å²) >= 11 is 2.92. The van der Waals surface area contributed by atoms with Gasteiger partial charge in [-0.2, -0.15) is 0 Å². The summed E-state index contributed by atoms with van der Waals surface area (Å²) in [6, 6.07) is 10.6. The summed E-state index contributed by atoms with van der Waals surface area (Å²) in [4.78, 5) is 29.6. The second kappa shape index (κ2) is 8.39. The lowest BCUT2D eigenvalue weighted by molar-refractivity contribution is 0.0970. The largest absolute Gasteiger partial charge is 0.450 e. The van der Waals surface area contributed by atoms with Crippen molar-refractivity contribution < 1.29 is 13.6 Å². The first kappa shape index (κ1) is 21.8. The van der Waals surface area contributed by atoms with Gasteiger partial charge in [0.2, 0.25) is 10.9 Å². The number of hydrogen-bond donors (Lipinski definition) is 0. The van der Waals surface area contributed by atoms with E-state index in [1.807, 2.05) is 30.5 Å². The molecule has 168 valence electrons. The van der Waals surface area contributed by atoms with Crippen LogP contribution in [0, 0.1) is 11.7 Å². The summed E-state index contributed by atoms with van der Waals surface area (Å²) in [5.74, 6) is -0.659. The molecule has 4 aromatic rings. The topological polar surface area (TPSA) is 76.3 Å². The number of anilines is 1. The molecule has 2 aromatic carbocycles. The fourth-order valence-corrected chi connectivity index (χ4v) is 5.50. The minimum absolute atomic E-state index is 0.0429. The Morgan fingerprint density at radius 2 is 1.91 bits per heavy atom. The maximum absolute atomic E-state index is 13.9. The number of carbonyl (C=O) groups is 1. The Kier molecular flexibility index (Phi) is 5.54. The van der Waals surface area contributed by atoms with E-state index >= 15 is 0 Å². The molecule has 6 nitrogen and oxygen atoms in total. The molecule has 1 amide bonds. The van der Waals surface area contributed by atoms with Crippen LogP contribution in [0.2, 0.25) is 0 Å². The Balaban J connectivity index is 1.73. The van der Waals surface area contributed by atoms with Crippen LogP contribution < -0.4 is 10.3 Å². The molecule has 9 heteroatoms. The predicted molar refractivity (Wildman–Crippen MR) is 128 cm³/mol. The second-order valence-corrected chi connectivity index (χ2v) is 10.2. The molecule has 1 aliphatic rings. The minimum atomic E-state index is -0.743. The molecule has 0 bridgehead atoms. The molecule has 0 saturated carbocycles. The maximum Gasteiger partial charge on any atom is 0.297 e. The van der Waals surface area contributed by atoms with Crippen molar-refractivity contribution in [1.29, 1.82) is 0 Å². The number of thioether (sulfide) groups is 1. The third kappa shape index (κ3) is 3.75. The highest BCUT2D eigenvalue weighted by Crippen LogP contribution is 2.42. The van der Waals surface area contributed by atoms with Gasteiger partial charge in [-0.3, -0.25) is 14.5 Å². The molecule has 0 unspecified atom stereocenters. The number of benzene rings is 2. The van der Waals surface area contributed by atoms with Crippen molar-refractivity contribution in [3.8, 4) is 0 Å². The summed E-state index contributed by atoms with van der Waals surface area (Å²) in [7, 11) is 0. The van der Waals surface area contributed by atoms with E-state index in [9.17, 15) is 14.0 Å². The second-order valence-electron chi connectivity index (χ2n) is 8.24. The van der Waals surface area contributed by atoms with Gasteiger partial charge in [-0.1, -0.05) is 37.3 Å². The Morgan fingerprint density at radius 3 is 2.61 bits per heavy atom. The highest BCUT2D eigenvalue weighted by atomic mass is 32.2. The van der Waals surface area contributed by atoms with Crippen molar-refractivity contribution in [2.45, 2.75) is 31.2 Å². The van der Waals surface area contributed by atoms with Crippen molar-refractivity contribution in [3.05, 3.63) is 80.4 Å². The van der Waals surface area contributed by atoms with E-state index in [1.165, 1.54) is 28.4 Å². The van der Waals surface area contributed by atoms with Gasteiger partial charge in [-0.15, -0.1) is 22.0 Å². The lowest BCUT2D eigenvalue weighted by Gasteiger charge is -2.22. The zero-order chi connectivity index (χ0) is 23.3. The van der Waals surface area contributed by atoms with E-state index in [0.29, 0.717) is 11.0 Å². The summed E-state index contributed by atoms with van der Waals surface area (Å²) in [5, 5.41) is 9.84. The van der Waals surface area contributed by atoms with E-state index in [0.717, 1.165) is 28.0 Å². The maximum atomic E-state index is 13.9. The van der Waals surface area contributed by atoms with Crippen LogP contribution in [0.15, 0.2) is 56.6 Å². The van der Waals surface area contributed by atoms with Crippen LogP contribution in [0.1, 0.15) is 46.6 Å². The summed E-state index contributed by atoms with van der Waals surface area (Å²) in [5.41, 5.74) is 0.677. The van der Waals surface area contributed by atoms with Crippen molar-refractivity contribution in [1.82, 2.24) is 10.2 Å². The van der Waals surface area contributed by atoms with E-state index in [4.69, 9.17) is 4.42 Å². The molecule has 33 heavy (non-hydrogen) atoms. The number of amides is 1. The first-order valence-electron chi connectivity index (χ1n) is 10.4. The highest BCUT2D eigenvalue weighted by Gasteiger charge is 2.45. The molecule has 0 spiro atoms. The van der Waals surface area contributed by atoms with Crippen molar-refractivity contribution in [2.75, 3.05) is 11.2 Å². The molecule has 2 aromatic heterocycles. The first-order valence-corrected chi connectivity index (χ1v) is 12.5. The van der Waals surface area contributed by atoms with Crippen LogP contribution >= 0.6 is 23.1 Å². The lowest BCUT2D eigenvalue weighted by atomic mass is 9.99. The standard InChI is InChI=1S/C24H20FN3O3S2/c1-12(2)10-18-26-27-24(33-18)28-20(13-4-7-15(32-3)8-5-13)19-21(29)16-11-14(25)6-9-17(16)31-22(19)23(28)30/h4-9,11-12,20H,10H2,1-3H3/t20-/m1/s1. The molecule has 5 rings (SSSR count). The third-order valence-electron chi connectivity index (χ3n) is 5.51. The van der Waals surface area contributed by atoms with Gasteiger partial charge in [-0.25, -0.2) is 4.39 Å². The Hall–Kier alpha value is -3.04. The quantitative estimate of drug-likeness (QED) is 0.353. The third-order valence-corrected chi connectivity index (χ3v) is 7.20. The Labute approximate surface area is 197 Å². The molecule has 1 aliphatic heterocycles. The van der Waals surface area contributed by atoms with Crippen LogP contribution in [0.4, 0.5) is 9.52 Å². The zero-order valence-electron chi connectivity index (χ0n) is 18.2. The van der Waals surface area contributed by atoms with Crippen LogP contribution in [-0.4, -0.2) is 22.4 Å². The number of halogens is 1. The van der Waals surface area contributed by atoms with Gasteiger partial charge < -0.3 is 4.42 Å². The molecular weight excluding hydrogens is 461 g/mol. The van der Waals surface area contributed by atoms with Gasteiger partial charge in [0.15, 0.2) is 5.43 Å². The van der Waals surface area contributed by atoms with Crippen LogP contribution in [0.3, 0.4) is 0 Å². The van der Waals surface area contributed by atoms with Crippen LogP contribution in [-0.2, 0) is 6.42 Å². The van der Waals surface area contributed by atoms with Crippen molar-refractivity contribution in [3.63, 3.8) is 0 Å². The summed E-state index contributed by atoms with van der Waals surface area (Å²) in [6.07, 6.45) is 2.71. The predicted octanol–water partition coefficient (Wildman–Crippen LogP) is 5.45. The number of carbonyl (C=O) groups excluding carboxylic acids is 1. The average molecular weight is 482 g/mol. The molecular formula is C24H20FN3O3S2. The average Bonchev–Trinajstić information content (AvgIpc) is 3.36. The number of nitrogens with zero attached hydrogens (tertiary/aromatic N) is 3.